The zero-order valence-electron chi connectivity index (χ0n) is 18.9. The van der Waals surface area contributed by atoms with Crippen LogP contribution >= 0.6 is 0 Å². The fourth-order valence-corrected chi connectivity index (χ4v) is 3.20. The maximum Gasteiger partial charge on any atom is 0.226 e. The summed E-state index contributed by atoms with van der Waals surface area (Å²) in [5.41, 5.74) is 2.08. The smallest absolute Gasteiger partial charge is 0.226 e. The second-order valence-corrected chi connectivity index (χ2v) is 7.57. The van der Waals surface area contributed by atoms with Gasteiger partial charge >= 0.3 is 0 Å². The Morgan fingerprint density at radius 2 is 1.68 bits per heavy atom. The molecule has 2 aromatic rings. The Morgan fingerprint density at radius 1 is 0.968 bits per heavy atom. The van der Waals surface area contributed by atoms with Gasteiger partial charge in [0.2, 0.25) is 5.91 Å². The molecule has 0 radical (unpaired) electrons. The molecule has 5 nitrogen and oxygen atoms in total. The lowest BCUT2D eigenvalue weighted by atomic mass is 10.1. The Kier molecular flexibility index (Phi) is 10.0. The van der Waals surface area contributed by atoms with E-state index in [1.165, 1.54) is 17.7 Å². The minimum atomic E-state index is -0.262. The fourth-order valence-electron chi connectivity index (χ4n) is 3.20. The molecule has 0 atom stereocenters. The van der Waals surface area contributed by atoms with Gasteiger partial charge in [-0.2, -0.15) is 0 Å². The number of hydrogen-bond donors (Lipinski definition) is 0. The highest BCUT2D eigenvalue weighted by Gasteiger charge is 2.08. The van der Waals surface area contributed by atoms with Crippen molar-refractivity contribution in [3.63, 3.8) is 0 Å². The average Bonchev–Trinajstić information content (AvgIpc) is 2.78. The van der Waals surface area contributed by atoms with E-state index in [4.69, 9.17) is 9.47 Å². The van der Waals surface area contributed by atoms with E-state index in [1.807, 2.05) is 31.3 Å². The normalized spacial score (nSPS) is 11.2. The van der Waals surface area contributed by atoms with E-state index >= 15 is 0 Å². The van der Waals surface area contributed by atoms with Crippen molar-refractivity contribution >= 4 is 12.0 Å². The minimum absolute atomic E-state index is 0.0753. The number of rotatable bonds is 12. The fraction of sp³-hybridized carbons (Fsp3) is 0.400. The van der Waals surface area contributed by atoms with Gasteiger partial charge in [-0.3, -0.25) is 4.79 Å². The molecule has 0 unspecified atom stereocenters. The van der Waals surface area contributed by atoms with Crippen LogP contribution in [0.1, 0.15) is 24.0 Å². The number of likely N-dealkylation sites (N-methyl/N-ethyl adjacent to an activating group) is 1. The van der Waals surface area contributed by atoms with Crippen LogP contribution in [0.15, 0.2) is 48.5 Å². The number of amides is 1. The van der Waals surface area contributed by atoms with Gasteiger partial charge in [0.25, 0.3) is 0 Å². The van der Waals surface area contributed by atoms with Crippen LogP contribution in [0.5, 0.6) is 11.5 Å². The molecule has 0 aromatic heterocycles. The first kappa shape index (κ1) is 24.4. The molecule has 2 aromatic carbocycles. The number of ether oxygens (including phenoxy) is 2. The molecule has 0 saturated heterocycles. The van der Waals surface area contributed by atoms with E-state index in [0.717, 1.165) is 43.0 Å². The van der Waals surface area contributed by atoms with Crippen LogP contribution in [0.3, 0.4) is 0 Å². The van der Waals surface area contributed by atoms with E-state index in [9.17, 15) is 9.18 Å². The molecule has 0 heterocycles. The van der Waals surface area contributed by atoms with Crippen LogP contribution in [0.2, 0.25) is 0 Å². The number of carbonyl (C=O) groups is 1. The van der Waals surface area contributed by atoms with Gasteiger partial charge in [0.15, 0.2) is 11.5 Å². The first-order valence-electron chi connectivity index (χ1n) is 10.5. The van der Waals surface area contributed by atoms with Crippen LogP contribution in [-0.2, 0) is 11.2 Å². The number of methoxy groups -OCH3 is 2. The highest BCUT2D eigenvalue weighted by molar-refractivity contribution is 5.78. The first-order valence-corrected chi connectivity index (χ1v) is 10.5. The van der Waals surface area contributed by atoms with Crippen molar-refractivity contribution in [2.75, 3.05) is 47.9 Å². The van der Waals surface area contributed by atoms with E-state index < -0.39 is 0 Å². The molecular weight excluding hydrogens is 395 g/mol. The topological polar surface area (TPSA) is 42.0 Å². The lowest BCUT2D eigenvalue weighted by Crippen LogP contribution is -2.30. The maximum absolute atomic E-state index is 12.9. The quantitative estimate of drug-likeness (QED) is 0.506. The van der Waals surface area contributed by atoms with Crippen molar-refractivity contribution in [1.29, 1.82) is 0 Å². The lowest BCUT2D eigenvalue weighted by Gasteiger charge is -2.20. The Labute approximate surface area is 185 Å². The summed E-state index contributed by atoms with van der Waals surface area (Å²) in [6.45, 7) is 2.55. The summed E-state index contributed by atoms with van der Waals surface area (Å²) >= 11 is 0. The van der Waals surface area contributed by atoms with Crippen LogP contribution in [0.25, 0.3) is 6.08 Å². The van der Waals surface area contributed by atoms with Crippen molar-refractivity contribution in [2.45, 2.75) is 19.3 Å². The molecule has 0 aliphatic heterocycles. The van der Waals surface area contributed by atoms with Crippen molar-refractivity contribution in [3.05, 3.63) is 65.5 Å². The Morgan fingerprint density at radius 3 is 2.35 bits per heavy atom. The third kappa shape index (κ3) is 8.42. The van der Waals surface area contributed by atoms with E-state index in [-0.39, 0.29) is 11.7 Å². The van der Waals surface area contributed by atoms with Crippen LogP contribution < -0.4 is 9.47 Å². The molecule has 0 fully saturated rings. The molecule has 2 rings (SSSR count). The van der Waals surface area contributed by atoms with Crippen LogP contribution in [0, 0.1) is 5.82 Å². The Balaban J connectivity index is 1.67. The Hall–Kier alpha value is -2.86. The zero-order valence-corrected chi connectivity index (χ0v) is 18.9. The van der Waals surface area contributed by atoms with Gasteiger partial charge in [0.05, 0.1) is 14.2 Å². The third-order valence-electron chi connectivity index (χ3n) is 5.16. The van der Waals surface area contributed by atoms with Gasteiger partial charge in [-0.1, -0.05) is 30.4 Å². The second-order valence-electron chi connectivity index (χ2n) is 7.57. The van der Waals surface area contributed by atoms with Crippen molar-refractivity contribution in [2.24, 2.45) is 0 Å². The molecule has 168 valence electrons. The van der Waals surface area contributed by atoms with Gasteiger partial charge < -0.3 is 19.3 Å². The molecule has 31 heavy (non-hydrogen) atoms. The van der Waals surface area contributed by atoms with Gasteiger partial charge in [-0.25, -0.2) is 4.39 Å². The molecular formula is C25H33FN2O3. The molecule has 0 spiro atoms. The average molecular weight is 429 g/mol. The summed E-state index contributed by atoms with van der Waals surface area (Å²) < 4.78 is 23.6. The molecule has 0 aliphatic rings. The minimum Gasteiger partial charge on any atom is -0.493 e. The SMILES string of the molecule is COc1ccc(CCN(C)CCCN(C)C(=O)C/C=C/c2ccc(F)cc2)cc1OC. The summed E-state index contributed by atoms with van der Waals surface area (Å²) in [6.07, 6.45) is 5.82. The van der Waals surface area contributed by atoms with E-state index in [1.54, 1.807) is 31.3 Å². The first-order chi connectivity index (χ1) is 14.9. The van der Waals surface area contributed by atoms with Crippen molar-refractivity contribution in [1.82, 2.24) is 9.80 Å². The van der Waals surface area contributed by atoms with E-state index in [2.05, 4.69) is 18.0 Å². The zero-order chi connectivity index (χ0) is 22.6. The van der Waals surface area contributed by atoms with Crippen LogP contribution in [-0.4, -0.2) is 63.7 Å². The maximum atomic E-state index is 12.9. The predicted octanol–water partition coefficient (Wildman–Crippen LogP) is 4.27. The molecule has 0 saturated carbocycles. The Bertz CT molecular complexity index is 852. The largest absolute Gasteiger partial charge is 0.493 e. The third-order valence-corrected chi connectivity index (χ3v) is 5.16. The van der Waals surface area contributed by atoms with Gasteiger partial charge in [0, 0.05) is 26.6 Å². The molecule has 0 N–H and O–H groups in total. The van der Waals surface area contributed by atoms with E-state index in [0.29, 0.717) is 13.0 Å². The molecule has 0 bridgehead atoms. The van der Waals surface area contributed by atoms with Gasteiger partial charge in [-0.05, 0) is 61.8 Å². The van der Waals surface area contributed by atoms with Gasteiger partial charge in [-0.15, -0.1) is 0 Å². The number of benzene rings is 2. The highest BCUT2D eigenvalue weighted by atomic mass is 19.1. The monoisotopic (exact) mass is 428 g/mol. The summed E-state index contributed by atoms with van der Waals surface area (Å²) in [6, 6.07) is 12.2. The number of nitrogens with zero attached hydrogens (tertiary/aromatic N) is 2. The molecule has 0 aliphatic carbocycles. The number of hydrogen-bond acceptors (Lipinski definition) is 4. The predicted molar refractivity (Wildman–Crippen MR) is 123 cm³/mol. The number of carbonyl (C=O) groups excluding carboxylic acids is 1. The lowest BCUT2D eigenvalue weighted by molar-refractivity contribution is -0.129. The van der Waals surface area contributed by atoms with Crippen molar-refractivity contribution in [3.8, 4) is 11.5 Å². The molecule has 6 heteroatoms. The van der Waals surface area contributed by atoms with Crippen LogP contribution in [0.4, 0.5) is 4.39 Å². The van der Waals surface area contributed by atoms with Crippen molar-refractivity contribution < 1.29 is 18.7 Å². The molecule has 1 amide bonds. The summed E-state index contributed by atoms with van der Waals surface area (Å²) in [5.74, 6) is 1.30. The summed E-state index contributed by atoms with van der Waals surface area (Å²) in [4.78, 5) is 16.3. The standard InChI is InChI=1S/C25H33FN2O3/c1-27(18-15-21-11-14-23(30-3)24(19-21)31-4)16-6-17-28(2)25(29)8-5-7-20-9-12-22(26)13-10-20/h5,7,9-14,19H,6,8,15-18H2,1-4H3/b7-5+. The number of halogens is 1. The summed E-state index contributed by atoms with van der Waals surface area (Å²) in [7, 11) is 7.20. The summed E-state index contributed by atoms with van der Waals surface area (Å²) in [5, 5.41) is 0. The highest BCUT2D eigenvalue weighted by Crippen LogP contribution is 2.27. The van der Waals surface area contributed by atoms with Gasteiger partial charge in [0.1, 0.15) is 5.82 Å². The second kappa shape index (κ2) is 12.7.